The van der Waals surface area contributed by atoms with Crippen LogP contribution in [0.1, 0.15) is 11.1 Å². The highest BCUT2D eigenvalue weighted by Crippen LogP contribution is 2.26. The summed E-state index contributed by atoms with van der Waals surface area (Å²) in [5, 5.41) is 0. The second-order valence-electron chi connectivity index (χ2n) is 4.52. The molecule has 0 heterocycles. The zero-order valence-electron chi connectivity index (χ0n) is 10.8. The van der Waals surface area contributed by atoms with Crippen LogP contribution in [0.15, 0.2) is 60.7 Å². The molecule has 0 saturated heterocycles. The van der Waals surface area contributed by atoms with Gasteiger partial charge in [0.2, 0.25) is 0 Å². The fourth-order valence-electron chi connectivity index (χ4n) is 1.87. The van der Waals surface area contributed by atoms with Gasteiger partial charge in [-0.2, -0.15) is 13.2 Å². The van der Waals surface area contributed by atoms with Crippen LogP contribution in [-0.2, 0) is 17.8 Å². The molecular formula is C16H15F3O. The summed E-state index contributed by atoms with van der Waals surface area (Å²) in [5.74, 6) is 0. The number of hydrogen-bond donors (Lipinski definition) is 0. The number of alkyl halides is 3. The van der Waals surface area contributed by atoms with E-state index in [1.807, 2.05) is 6.07 Å². The van der Waals surface area contributed by atoms with E-state index in [9.17, 15) is 13.2 Å². The lowest BCUT2D eigenvalue weighted by Crippen LogP contribution is -2.33. The Balaban J connectivity index is 2.01. The van der Waals surface area contributed by atoms with Gasteiger partial charge in [0.15, 0.2) is 6.10 Å². The van der Waals surface area contributed by atoms with Crippen molar-refractivity contribution in [1.29, 1.82) is 0 Å². The van der Waals surface area contributed by atoms with E-state index in [0.717, 1.165) is 5.56 Å². The number of halogens is 3. The Bertz CT molecular complexity index is 508. The molecule has 2 aromatic rings. The maximum absolute atomic E-state index is 13.0. The topological polar surface area (TPSA) is 9.23 Å². The van der Waals surface area contributed by atoms with E-state index >= 15 is 0 Å². The van der Waals surface area contributed by atoms with Gasteiger partial charge in [-0.1, -0.05) is 60.7 Å². The van der Waals surface area contributed by atoms with Crippen LogP contribution in [0, 0.1) is 0 Å². The molecular weight excluding hydrogens is 265 g/mol. The van der Waals surface area contributed by atoms with Crippen LogP contribution >= 0.6 is 0 Å². The van der Waals surface area contributed by atoms with Crippen LogP contribution in [0.2, 0.25) is 0 Å². The molecule has 4 heteroatoms. The van der Waals surface area contributed by atoms with E-state index < -0.39 is 12.3 Å². The molecule has 1 atom stereocenters. The van der Waals surface area contributed by atoms with Crippen molar-refractivity contribution in [2.45, 2.75) is 25.3 Å². The van der Waals surface area contributed by atoms with Gasteiger partial charge >= 0.3 is 6.18 Å². The van der Waals surface area contributed by atoms with Gasteiger partial charge in [0.25, 0.3) is 0 Å². The van der Waals surface area contributed by atoms with E-state index in [4.69, 9.17) is 4.74 Å². The van der Waals surface area contributed by atoms with Gasteiger partial charge < -0.3 is 4.74 Å². The lowest BCUT2D eigenvalue weighted by atomic mass is 10.1. The van der Waals surface area contributed by atoms with Crippen molar-refractivity contribution in [3.8, 4) is 0 Å². The minimum absolute atomic E-state index is 0.0438. The van der Waals surface area contributed by atoms with E-state index in [1.165, 1.54) is 0 Å². The zero-order valence-corrected chi connectivity index (χ0v) is 10.8. The Kier molecular flexibility index (Phi) is 4.79. The predicted molar refractivity (Wildman–Crippen MR) is 71.2 cm³/mol. The number of rotatable bonds is 5. The highest BCUT2D eigenvalue weighted by molar-refractivity contribution is 5.16. The summed E-state index contributed by atoms with van der Waals surface area (Å²) < 4.78 is 44.0. The molecule has 0 bridgehead atoms. The normalized spacial score (nSPS) is 13.2. The third-order valence-corrected chi connectivity index (χ3v) is 2.92. The quantitative estimate of drug-likeness (QED) is 0.790. The van der Waals surface area contributed by atoms with Crippen LogP contribution in [-0.4, -0.2) is 12.3 Å². The molecule has 20 heavy (non-hydrogen) atoms. The summed E-state index contributed by atoms with van der Waals surface area (Å²) >= 11 is 0. The Labute approximate surface area is 116 Å². The average molecular weight is 280 g/mol. The molecule has 0 aliphatic rings. The lowest BCUT2D eigenvalue weighted by Gasteiger charge is -2.21. The lowest BCUT2D eigenvalue weighted by molar-refractivity contribution is -0.223. The van der Waals surface area contributed by atoms with Crippen LogP contribution in [0.4, 0.5) is 13.2 Å². The maximum Gasteiger partial charge on any atom is 0.414 e. The Morgan fingerprint density at radius 2 is 1.30 bits per heavy atom. The first-order valence-corrected chi connectivity index (χ1v) is 6.32. The molecule has 0 aliphatic carbocycles. The second-order valence-corrected chi connectivity index (χ2v) is 4.52. The maximum atomic E-state index is 13.0. The Morgan fingerprint density at radius 3 is 1.80 bits per heavy atom. The van der Waals surface area contributed by atoms with Gasteiger partial charge in [-0.25, -0.2) is 0 Å². The van der Waals surface area contributed by atoms with Crippen molar-refractivity contribution in [3.05, 3.63) is 71.8 Å². The molecule has 0 spiro atoms. The van der Waals surface area contributed by atoms with Crippen molar-refractivity contribution < 1.29 is 17.9 Å². The summed E-state index contributed by atoms with van der Waals surface area (Å²) in [6.45, 7) is -0.0438. The van der Waals surface area contributed by atoms with Crippen molar-refractivity contribution in [1.82, 2.24) is 0 Å². The minimum atomic E-state index is -4.37. The van der Waals surface area contributed by atoms with Gasteiger partial charge in [-0.3, -0.25) is 0 Å². The first kappa shape index (κ1) is 14.6. The summed E-state index contributed by atoms with van der Waals surface area (Å²) in [5.41, 5.74) is 1.35. The van der Waals surface area contributed by atoms with Crippen molar-refractivity contribution in [3.63, 3.8) is 0 Å². The molecule has 0 radical (unpaired) electrons. The fraction of sp³-hybridized carbons (Fsp3) is 0.250. The first-order valence-electron chi connectivity index (χ1n) is 6.32. The summed E-state index contributed by atoms with van der Waals surface area (Å²) in [4.78, 5) is 0. The smallest absolute Gasteiger partial charge is 0.364 e. The standard InChI is InChI=1S/C16H15F3O/c17-16(18,19)15(11-13-7-3-1-4-8-13)20-12-14-9-5-2-6-10-14/h1-10,15H,11-12H2. The van der Waals surface area contributed by atoms with E-state index in [0.29, 0.717) is 5.56 Å². The fourth-order valence-corrected chi connectivity index (χ4v) is 1.87. The van der Waals surface area contributed by atoms with Gasteiger partial charge in [-0.05, 0) is 11.1 Å². The van der Waals surface area contributed by atoms with Crippen molar-refractivity contribution in [2.75, 3.05) is 0 Å². The van der Waals surface area contributed by atoms with Crippen LogP contribution in [0.25, 0.3) is 0 Å². The third-order valence-electron chi connectivity index (χ3n) is 2.92. The zero-order chi connectivity index (χ0) is 14.4. The van der Waals surface area contributed by atoms with E-state index in [1.54, 1.807) is 54.6 Å². The number of benzene rings is 2. The average Bonchev–Trinajstić information content (AvgIpc) is 2.44. The molecule has 2 aromatic carbocycles. The monoisotopic (exact) mass is 280 g/mol. The Morgan fingerprint density at radius 1 is 0.800 bits per heavy atom. The highest BCUT2D eigenvalue weighted by Gasteiger charge is 2.40. The van der Waals surface area contributed by atoms with E-state index in [-0.39, 0.29) is 13.0 Å². The molecule has 0 amide bonds. The third kappa shape index (κ3) is 4.38. The van der Waals surface area contributed by atoms with Gasteiger partial charge in [0, 0.05) is 6.42 Å². The molecule has 0 aromatic heterocycles. The number of ether oxygens (including phenoxy) is 1. The first-order chi connectivity index (χ1) is 9.55. The molecule has 0 saturated carbocycles. The summed E-state index contributed by atoms with van der Waals surface area (Å²) in [6.07, 6.45) is -6.33. The SMILES string of the molecule is FC(F)(F)C(Cc1ccccc1)OCc1ccccc1. The molecule has 0 fully saturated rings. The van der Waals surface area contributed by atoms with Crippen LogP contribution < -0.4 is 0 Å². The minimum Gasteiger partial charge on any atom is -0.364 e. The summed E-state index contributed by atoms with van der Waals surface area (Å²) in [7, 11) is 0. The molecule has 1 nitrogen and oxygen atoms in total. The van der Waals surface area contributed by atoms with Crippen molar-refractivity contribution >= 4 is 0 Å². The van der Waals surface area contributed by atoms with Gasteiger partial charge in [-0.15, -0.1) is 0 Å². The predicted octanol–water partition coefficient (Wildman–Crippen LogP) is 4.38. The Hall–Kier alpha value is -1.81. The van der Waals surface area contributed by atoms with Gasteiger partial charge in [0.1, 0.15) is 0 Å². The molecule has 0 N–H and O–H groups in total. The largest absolute Gasteiger partial charge is 0.414 e. The second kappa shape index (κ2) is 6.57. The van der Waals surface area contributed by atoms with Crippen LogP contribution in [0.5, 0.6) is 0 Å². The van der Waals surface area contributed by atoms with Crippen LogP contribution in [0.3, 0.4) is 0 Å². The highest BCUT2D eigenvalue weighted by atomic mass is 19.4. The van der Waals surface area contributed by atoms with E-state index in [2.05, 4.69) is 0 Å². The molecule has 0 aliphatic heterocycles. The van der Waals surface area contributed by atoms with Gasteiger partial charge in [0.05, 0.1) is 6.61 Å². The molecule has 2 rings (SSSR count). The summed E-state index contributed by atoms with van der Waals surface area (Å²) in [6, 6.07) is 17.4. The molecule has 106 valence electrons. The number of hydrogen-bond acceptors (Lipinski definition) is 1. The van der Waals surface area contributed by atoms with Crippen molar-refractivity contribution in [2.24, 2.45) is 0 Å². The molecule has 1 unspecified atom stereocenters.